The third-order valence-corrected chi connectivity index (χ3v) is 15.5. The van der Waals surface area contributed by atoms with E-state index in [2.05, 4.69) is 10.6 Å². The summed E-state index contributed by atoms with van der Waals surface area (Å²) in [6, 6.07) is 56.9. The SMILES string of the molecule is O=C(O)C1=C(COC(=O)N2CCCC2)C[S+]([O-])[C@H]2C(NC(=O)/C(=N\OC(c3ccccc3)(c3ccccc3)c3ccccc3)c3csc(NC(c4ccccc4)(c4ccccc4)c4ccccc4)n3)C(=O)N12. The Hall–Kier alpha value is -8.05. The molecule has 1 aromatic heterocycles. The number of carbonyl (C=O) groups excluding carboxylic acids is 3. The second-order valence-electron chi connectivity index (χ2n) is 17.4. The number of benzene rings is 6. The number of carboxylic acid groups (broad SMARTS) is 1. The Morgan fingerprint density at radius 1 is 0.722 bits per heavy atom. The number of hydrogen-bond donors (Lipinski definition) is 3. The number of oxime groups is 1. The fraction of sp³-hybridized carbons (Fsp3) is 0.179. The van der Waals surface area contributed by atoms with Crippen molar-refractivity contribution in [2.75, 3.05) is 30.8 Å². The fourth-order valence-electron chi connectivity index (χ4n) is 9.69. The summed E-state index contributed by atoms with van der Waals surface area (Å²) < 4.78 is 19.5. The van der Waals surface area contributed by atoms with Crippen LogP contribution in [-0.4, -0.2) is 90.9 Å². The van der Waals surface area contributed by atoms with Gasteiger partial charge in [-0.2, -0.15) is 0 Å². The molecule has 3 atom stereocenters. The van der Waals surface area contributed by atoms with Crippen molar-refractivity contribution in [1.82, 2.24) is 20.1 Å². The lowest BCUT2D eigenvalue weighted by Crippen LogP contribution is -2.75. The molecule has 72 heavy (non-hydrogen) atoms. The maximum Gasteiger partial charge on any atom is 0.410 e. The lowest BCUT2D eigenvalue weighted by Gasteiger charge is -2.48. The van der Waals surface area contributed by atoms with E-state index in [0.29, 0.717) is 34.9 Å². The molecule has 2 saturated heterocycles. The lowest BCUT2D eigenvalue weighted by atomic mass is 9.77. The number of aromatic nitrogens is 1. The number of likely N-dealkylation sites (tertiary alicyclic amines) is 1. The van der Waals surface area contributed by atoms with Gasteiger partial charge in [0.25, 0.3) is 11.8 Å². The molecule has 362 valence electrons. The predicted molar refractivity (Wildman–Crippen MR) is 274 cm³/mol. The molecule has 10 rings (SSSR count). The van der Waals surface area contributed by atoms with Crippen LogP contribution in [-0.2, 0) is 46.3 Å². The fourth-order valence-corrected chi connectivity index (χ4v) is 12.1. The highest BCUT2D eigenvalue weighted by atomic mass is 32.2. The average molecular weight is 997 g/mol. The Balaban J connectivity index is 1.05. The first kappa shape index (κ1) is 47.6. The standard InChI is InChI=1S/C56H48N6O8S2/c63-49(58-47-50(64)62-48(52(65)66)38(37-72(68)51(47)62)35-69-54(67)61-33-19-20-34-61)46(60-70-56(42-27-13-4-14-28-42,43-29-15-5-16-30-43)44-31-17-6-18-32-44)45-36-71-53(57-45)59-55(39-21-7-1-8-22-39,40-23-9-2-10-24-40)41-25-11-3-12-26-41/h1-18,21-32,36,47,51H,19-20,33-35,37H2,(H,57,59)(H,58,63)(H,65,66)/b60-46-/t47?,51-,72?/m0/s1. The van der Waals surface area contributed by atoms with Crippen molar-refractivity contribution in [3.63, 3.8) is 0 Å². The molecular formula is C56H48N6O8S2. The third kappa shape index (κ3) is 9.00. The van der Waals surface area contributed by atoms with Gasteiger partial charge in [0.1, 0.15) is 29.3 Å². The van der Waals surface area contributed by atoms with Crippen LogP contribution in [0.5, 0.6) is 0 Å². The van der Waals surface area contributed by atoms with Crippen LogP contribution in [0.25, 0.3) is 0 Å². The van der Waals surface area contributed by atoms with Crippen molar-refractivity contribution in [2.45, 2.75) is 35.4 Å². The summed E-state index contributed by atoms with van der Waals surface area (Å²) in [6.07, 6.45) is 1.03. The lowest BCUT2D eigenvalue weighted by molar-refractivity contribution is -0.150. The summed E-state index contributed by atoms with van der Waals surface area (Å²) in [7, 11) is 0. The van der Waals surface area contributed by atoms with Crippen molar-refractivity contribution in [1.29, 1.82) is 0 Å². The van der Waals surface area contributed by atoms with E-state index in [4.69, 9.17) is 19.7 Å². The van der Waals surface area contributed by atoms with Crippen molar-refractivity contribution < 1.29 is 38.4 Å². The van der Waals surface area contributed by atoms with E-state index in [1.807, 2.05) is 182 Å². The summed E-state index contributed by atoms with van der Waals surface area (Å²) >= 11 is -0.690. The molecule has 2 unspecified atom stereocenters. The number of ether oxygens (including phenoxy) is 1. The molecule has 3 amide bonds. The minimum absolute atomic E-state index is 0.0255. The van der Waals surface area contributed by atoms with Gasteiger partial charge < -0.3 is 34.8 Å². The number of rotatable bonds is 16. The zero-order chi connectivity index (χ0) is 49.7. The first-order valence-electron chi connectivity index (χ1n) is 23.4. The van der Waals surface area contributed by atoms with Gasteiger partial charge in [-0.3, -0.25) is 14.5 Å². The van der Waals surface area contributed by atoms with Crippen molar-refractivity contribution in [3.8, 4) is 0 Å². The number of nitrogens with zero attached hydrogens (tertiary/aromatic N) is 4. The Labute approximate surface area is 422 Å². The summed E-state index contributed by atoms with van der Waals surface area (Å²) in [5.41, 5.74) is 1.81. The molecule has 0 radical (unpaired) electrons. The molecule has 0 aliphatic carbocycles. The smallest absolute Gasteiger partial charge is 0.410 e. The Kier molecular flexibility index (Phi) is 13.7. The van der Waals surface area contributed by atoms with Crippen molar-refractivity contribution >= 4 is 57.2 Å². The third-order valence-electron chi connectivity index (χ3n) is 13.1. The van der Waals surface area contributed by atoms with Gasteiger partial charge in [-0.1, -0.05) is 187 Å². The van der Waals surface area contributed by atoms with Gasteiger partial charge in [0.2, 0.25) is 11.0 Å². The average Bonchev–Trinajstić information content (AvgIpc) is 4.15. The highest BCUT2D eigenvalue weighted by molar-refractivity contribution is 7.92. The second kappa shape index (κ2) is 20.7. The quantitative estimate of drug-likeness (QED) is 0.0280. The number of hydrogen-bond acceptors (Lipinski definition) is 11. The van der Waals surface area contributed by atoms with Crippen molar-refractivity contribution in [3.05, 3.63) is 238 Å². The zero-order valence-corrected chi connectivity index (χ0v) is 40.3. The van der Waals surface area contributed by atoms with Gasteiger partial charge in [0, 0.05) is 40.7 Å². The van der Waals surface area contributed by atoms with Crippen LogP contribution >= 0.6 is 11.3 Å². The van der Waals surface area contributed by atoms with E-state index in [-0.39, 0.29) is 22.7 Å². The first-order valence-corrected chi connectivity index (χ1v) is 25.7. The van der Waals surface area contributed by atoms with Crippen molar-refractivity contribution in [2.24, 2.45) is 5.16 Å². The van der Waals surface area contributed by atoms with Gasteiger partial charge in [0.05, 0.1) is 0 Å². The maximum atomic E-state index is 15.1. The Morgan fingerprint density at radius 2 is 1.18 bits per heavy atom. The molecule has 7 aromatic rings. The van der Waals surface area contributed by atoms with E-state index in [0.717, 1.165) is 34.4 Å². The summed E-state index contributed by atoms with van der Waals surface area (Å²) in [4.78, 5) is 69.1. The van der Waals surface area contributed by atoms with Crippen LogP contribution in [0.2, 0.25) is 0 Å². The molecule has 0 bridgehead atoms. The molecule has 14 nitrogen and oxygen atoms in total. The van der Waals surface area contributed by atoms with E-state index in [9.17, 15) is 24.0 Å². The minimum atomic E-state index is -1.92. The van der Waals surface area contributed by atoms with Crippen LogP contribution in [0.15, 0.2) is 204 Å². The number of anilines is 1. The zero-order valence-electron chi connectivity index (χ0n) is 38.7. The Bertz CT molecular complexity index is 2930. The second-order valence-corrected chi connectivity index (χ2v) is 19.8. The topological polar surface area (TPSA) is 186 Å². The maximum absolute atomic E-state index is 15.1. The van der Waals surface area contributed by atoms with Gasteiger partial charge in [-0.05, 0) is 40.7 Å². The molecule has 0 spiro atoms. The van der Waals surface area contributed by atoms with Crippen LogP contribution < -0.4 is 10.6 Å². The highest BCUT2D eigenvalue weighted by Gasteiger charge is 2.61. The number of fused-ring (bicyclic) bond motifs is 1. The molecular weight excluding hydrogens is 949 g/mol. The molecule has 3 aliphatic heterocycles. The highest BCUT2D eigenvalue weighted by Crippen LogP contribution is 2.43. The number of thiazole rings is 1. The molecule has 6 aromatic carbocycles. The van der Waals surface area contributed by atoms with Gasteiger partial charge in [-0.15, -0.1) is 11.3 Å². The molecule has 3 aliphatic rings. The van der Waals surface area contributed by atoms with Gasteiger partial charge in [-0.25, -0.2) is 14.6 Å². The molecule has 4 heterocycles. The largest absolute Gasteiger partial charge is 0.614 e. The minimum Gasteiger partial charge on any atom is -0.614 e. The van der Waals surface area contributed by atoms with Gasteiger partial charge in [0.15, 0.2) is 16.9 Å². The number of aliphatic carboxylic acids is 1. The Morgan fingerprint density at radius 3 is 1.64 bits per heavy atom. The first-order chi connectivity index (χ1) is 35.2. The summed E-state index contributed by atoms with van der Waals surface area (Å²) in [6.45, 7) is 0.567. The molecule has 3 N–H and O–H groups in total. The van der Waals surface area contributed by atoms with E-state index in [1.54, 1.807) is 5.38 Å². The molecule has 2 fully saturated rings. The van der Waals surface area contributed by atoms with E-state index < -0.39 is 69.9 Å². The normalized spacial score (nSPS) is 17.9. The van der Waals surface area contributed by atoms with E-state index in [1.165, 1.54) is 16.2 Å². The number of nitrogens with one attached hydrogen (secondary N) is 2. The van der Waals surface area contributed by atoms with Crippen LogP contribution in [0.4, 0.5) is 9.93 Å². The van der Waals surface area contributed by atoms with Crippen LogP contribution in [0.3, 0.4) is 0 Å². The van der Waals surface area contributed by atoms with Gasteiger partial charge >= 0.3 is 12.1 Å². The summed E-state index contributed by atoms with van der Waals surface area (Å²) in [5, 5.41) is 22.5. The monoisotopic (exact) mass is 996 g/mol. The van der Waals surface area contributed by atoms with Crippen LogP contribution in [0, 0.1) is 0 Å². The predicted octanol–water partition coefficient (Wildman–Crippen LogP) is 8.25. The number of carboxylic acids is 1. The molecule has 0 saturated carbocycles. The van der Waals surface area contributed by atoms with E-state index >= 15 is 4.79 Å². The number of carbonyl (C=O) groups is 4. The number of β-lactam (4-membered cyclic amide) rings is 1. The molecule has 16 heteroatoms. The number of amides is 3. The van der Waals surface area contributed by atoms with Crippen LogP contribution in [0.1, 0.15) is 51.9 Å². The summed E-state index contributed by atoms with van der Waals surface area (Å²) in [5.74, 6) is -3.47.